The number of nitrogens with two attached hydrogens (primary N) is 1. The number of hydrogen-bond acceptors (Lipinski definition) is 2. The quantitative estimate of drug-likeness (QED) is 0.885. The summed E-state index contributed by atoms with van der Waals surface area (Å²) in [6.45, 7) is 1.77. The molecular formula is C15H16F2N2. The van der Waals surface area contributed by atoms with Crippen molar-refractivity contribution in [2.45, 2.75) is 13.0 Å². The van der Waals surface area contributed by atoms with E-state index in [2.05, 4.69) is 5.32 Å². The van der Waals surface area contributed by atoms with Crippen LogP contribution < -0.4 is 11.1 Å². The first-order valence-electron chi connectivity index (χ1n) is 6.05. The minimum atomic E-state index is -0.349. The fourth-order valence-electron chi connectivity index (χ4n) is 2.11. The van der Waals surface area contributed by atoms with Gasteiger partial charge in [-0.15, -0.1) is 0 Å². The molecule has 0 saturated heterocycles. The first-order chi connectivity index (χ1) is 9.02. The SMILES string of the molecule is CNc1ccc(F)cc1-c1ccc(F)cc1C(C)N. The van der Waals surface area contributed by atoms with Gasteiger partial charge in [0.25, 0.3) is 0 Å². The second-order valence-corrected chi connectivity index (χ2v) is 4.46. The highest BCUT2D eigenvalue weighted by Gasteiger charge is 2.13. The standard InChI is InChI=1S/C15H16F2N2/c1-9(18)13-7-10(16)3-5-12(13)14-8-11(17)4-6-15(14)19-2/h3-9,19H,18H2,1-2H3. The van der Waals surface area contributed by atoms with E-state index in [-0.39, 0.29) is 17.7 Å². The molecule has 1 unspecified atom stereocenters. The second-order valence-electron chi connectivity index (χ2n) is 4.46. The lowest BCUT2D eigenvalue weighted by molar-refractivity contribution is 0.622. The topological polar surface area (TPSA) is 38.0 Å². The van der Waals surface area contributed by atoms with Crippen LogP contribution in [0.3, 0.4) is 0 Å². The highest BCUT2D eigenvalue weighted by Crippen LogP contribution is 2.33. The predicted octanol–water partition coefficient (Wildman–Crippen LogP) is 3.69. The molecule has 0 aliphatic heterocycles. The van der Waals surface area contributed by atoms with Crippen molar-refractivity contribution in [2.75, 3.05) is 12.4 Å². The normalized spacial score (nSPS) is 12.3. The Hall–Kier alpha value is -1.94. The van der Waals surface area contributed by atoms with Crippen molar-refractivity contribution >= 4 is 5.69 Å². The van der Waals surface area contributed by atoms with Gasteiger partial charge in [-0.3, -0.25) is 0 Å². The summed E-state index contributed by atoms with van der Waals surface area (Å²) in [6, 6.07) is 8.49. The van der Waals surface area contributed by atoms with Crippen LogP contribution in [0.15, 0.2) is 36.4 Å². The smallest absolute Gasteiger partial charge is 0.123 e. The van der Waals surface area contributed by atoms with Crippen molar-refractivity contribution < 1.29 is 8.78 Å². The lowest BCUT2D eigenvalue weighted by atomic mass is 9.94. The molecule has 0 aliphatic carbocycles. The molecule has 0 heterocycles. The van der Waals surface area contributed by atoms with E-state index in [0.717, 1.165) is 11.3 Å². The third-order valence-electron chi connectivity index (χ3n) is 3.05. The average molecular weight is 262 g/mol. The predicted molar refractivity (Wildman–Crippen MR) is 73.9 cm³/mol. The van der Waals surface area contributed by atoms with Crippen LogP contribution in [0, 0.1) is 11.6 Å². The van der Waals surface area contributed by atoms with Gasteiger partial charge in [0.15, 0.2) is 0 Å². The average Bonchev–Trinajstić information content (AvgIpc) is 2.38. The van der Waals surface area contributed by atoms with Crippen LogP contribution in [0.4, 0.5) is 14.5 Å². The van der Waals surface area contributed by atoms with E-state index >= 15 is 0 Å². The molecule has 19 heavy (non-hydrogen) atoms. The van der Waals surface area contributed by atoms with Gasteiger partial charge in [-0.2, -0.15) is 0 Å². The summed E-state index contributed by atoms with van der Waals surface area (Å²) in [5.41, 5.74) is 8.71. The van der Waals surface area contributed by atoms with Gasteiger partial charge in [-0.05, 0) is 48.4 Å². The summed E-state index contributed by atoms with van der Waals surface area (Å²) < 4.78 is 26.8. The first-order valence-corrected chi connectivity index (χ1v) is 6.05. The molecule has 4 heteroatoms. The Morgan fingerprint density at radius 1 is 1.00 bits per heavy atom. The second kappa shape index (κ2) is 5.36. The van der Waals surface area contributed by atoms with Crippen LogP contribution in [0.5, 0.6) is 0 Å². The first kappa shape index (κ1) is 13.5. The minimum absolute atomic E-state index is 0.335. The molecule has 2 nitrogen and oxygen atoms in total. The zero-order valence-corrected chi connectivity index (χ0v) is 10.9. The van der Waals surface area contributed by atoms with E-state index in [4.69, 9.17) is 5.73 Å². The van der Waals surface area contributed by atoms with E-state index in [1.807, 2.05) is 0 Å². The molecular weight excluding hydrogens is 246 g/mol. The Balaban J connectivity index is 2.67. The molecule has 0 fully saturated rings. The van der Waals surface area contributed by atoms with Crippen molar-refractivity contribution in [1.82, 2.24) is 0 Å². The molecule has 0 amide bonds. The fourth-order valence-corrected chi connectivity index (χ4v) is 2.11. The number of nitrogens with one attached hydrogen (secondary N) is 1. The molecule has 2 rings (SSSR count). The Bertz CT molecular complexity index is 595. The van der Waals surface area contributed by atoms with Crippen molar-refractivity contribution in [3.05, 3.63) is 53.6 Å². The summed E-state index contributed by atoms with van der Waals surface area (Å²) in [5, 5.41) is 3.00. The molecule has 0 aliphatic rings. The van der Waals surface area contributed by atoms with E-state index in [0.29, 0.717) is 11.1 Å². The molecule has 2 aromatic carbocycles. The molecule has 3 N–H and O–H groups in total. The van der Waals surface area contributed by atoms with Crippen LogP contribution in [0.1, 0.15) is 18.5 Å². The molecule has 0 radical (unpaired) electrons. The zero-order valence-electron chi connectivity index (χ0n) is 10.9. The summed E-state index contributed by atoms with van der Waals surface area (Å²) in [4.78, 5) is 0. The third kappa shape index (κ3) is 2.74. The van der Waals surface area contributed by atoms with Gasteiger partial charge in [0.2, 0.25) is 0 Å². The molecule has 1 atom stereocenters. The Kier molecular flexibility index (Phi) is 3.81. The van der Waals surface area contributed by atoms with Gasteiger partial charge in [-0.1, -0.05) is 6.07 Å². The maximum Gasteiger partial charge on any atom is 0.123 e. The summed E-state index contributed by atoms with van der Waals surface area (Å²) in [7, 11) is 1.76. The van der Waals surface area contributed by atoms with Crippen molar-refractivity contribution in [1.29, 1.82) is 0 Å². The maximum absolute atomic E-state index is 13.4. The van der Waals surface area contributed by atoms with Gasteiger partial charge in [0, 0.05) is 24.3 Å². The molecule has 2 aromatic rings. The summed E-state index contributed by atoms with van der Waals surface area (Å²) in [5.74, 6) is -0.688. The Morgan fingerprint density at radius 3 is 2.26 bits per heavy atom. The monoisotopic (exact) mass is 262 g/mol. The summed E-state index contributed by atoms with van der Waals surface area (Å²) >= 11 is 0. The molecule has 0 bridgehead atoms. The van der Waals surface area contributed by atoms with Crippen molar-refractivity contribution in [3.63, 3.8) is 0 Å². The zero-order chi connectivity index (χ0) is 14.0. The van der Waals surface area contributed by atoms with Crippen LogP contribution in [-0.2, 0) is 0 Å². The number of halogens is 2. The van der Waals surface area contributed by atoms with Crippen molar-refractivity contribution in [2.24, 2.45) is 5.73 Å². The van der Waals surface area contributed by atoms with Gasteiger partial charge in [0.05, 0.1) is 0 Å². The lowest BCUT2D eigenvalue weighted by Gasteiger charge is -2.16. The van der Waals surface area contributed by atoms with Crippen LogP contribution >= 0.6 is 0 Å². The number of benzene rings is 2. The van der Waals surface area contributed by atoms with E-state index in [9.17, 15) is 8.78 Å². The maximum atomic E-state index is 13.4. The van der Waals surface area contributed by atoms with E-state index in [1.54, 1.807) is 26.1 Å². The molecule has 0 spiro atoms. The van der Waals surface area contributed by atoms with E-state index < -0.39 is 0 Å². The van der Waals surface area contributed by atoms with Gasteiger partial charge < -0.3 is 11.1 Å². The molecule has 100 valence electrons. The van der Waals surface area contributed by atoms with Crippen LogP contribution in [-0.4, -0.2) is 7.05 Å². The van der Waals surface area contributed by atoms with Gasteiger partial charge >= 0.3 is 0 Å². The highest BCUT2D eigenvalue weighted by molar-refractivity contribution is 5.80. The number of hydrogen-bond donors (Lipinski definition) is 2. The largest absolute Gasteiger partial charge is 0.388 e. The van der Waals surface area contributed by atoms with Crippen LogP contribution in [0.2, 0.25) is 0 Å². The lowest BCUT2D eigenvalue weighted by Crippen LogP contribution is -2.08. The summed E-state index contributed by atoms with van der Waals surface area (Å²) in [6.07, 6.45) is 0. The minimum Gasteiger partial charge on any atom is -0.388 e. The molecule has 0 saturated carbocycles. The van der Waals surface area contributed by atoms with Gasteiger partial charge in [0.1, 0.15) is 11.6 Å². The fraction of sp³-hybridized carbons (Fsp3) is 0.200. The van der Waals surface area contributed by atoms with Gasteiger partial charge in [-0.25, -0.2) is 8.78 Å². The van der Waals surface area contributed by atoms with E-state index in [1.165, 1.54) is 24.3 Å². The number of rotatable bonds is 3. The number of anilines is 1. The third-order valence-corrected chi connectivity index (χ3v) is 3.05. The highest BCUT2D eigenvalue weighted by atomic mass is 19.1. The van der Waals surface area contributed by atoms with Crippen LogP contribution in [0.25, 0.3) is 11.1 Å². The Labute approximate surface area is 111 Å². The Morgan fingerprint density at radius 2 is 1.63 bits per heavy atom. The van der Waals surface area contributed by atoms with Crippen molar-refractivity contribution in [3.8, 4) is 11.1 Å². The molecule has 0 aromatic heterocycles.